The minimum absolute atomic E-state index is 0.000453. The minimum Gasteiger partial charge on any atom is -0.352 e. The van der Waals surface area contributed by atoms with E-state index in [2.05, 4.69) is 33.1 Å². The normalized spacial score (nSPS) is 14.7. The molecule has 2 heterocycles. The van der Waals surface area contributed by atoms with E-state index < -0.39 is 0 Å². The van der Waals surface area contributed by atoms with E-state index in [1.807, 2.05) is 60.8 Å². The van der Waals surface area contributed by atoms with Crippen LogP contribution in [-0.4, -0.2) is 33.5 Å². The Labute approximate surface area is 168 Å². The zero-order valence-corrected chi connectivity index (χ0v) is 17.0. The predicted molar refractivity (Wildman–Crippen MR) is 116 cm³/mol. The fourth-order valence-corrected chi connectivity index (χ4v) is 6.22. The number of carbonyl (C=O) groups is 1. The van der Waals surface area contributed by atoms with Crippen molar-refractivity contribution in [2.45, 2.75) is 24.5 Å². The summed E-state index contributed by atoms with van der Waals surface area (Å²) in [4.78, 5) is 17.0. The van der Waals surface area contributed by atoms with E-state index in [1.165, 1.54) is 17.1 Å². The van der Waals surface area contributed by atoms with Crippen LogP contribution in [0.1, 0.15) is 32.7 Å². The largest absolute Gasteiger partial charge is 0.352 e. The molecule has 140 valence electrons. The molecule has 1 saturated heterocycles. The Morgan fingerprint density at radius 3 is 2.67 bits per heavy atom. The molecule has 0 atom stereocenters. The number of imidazole rings is 1. The van der Waals surface area contributed by atoms with Gasteiger partial charge in [0.2, 0.25) is 0 Å². The standard InChI is InChI=1S/C21H23N3OS2/c1-15-23-18-5-2-3-6-19(18)24(15)12-4-11-22-20(25)16-7-9-17(10-8-16)21-26-13-14-27-21/h2-3,5-10,21H,4,11-14H2,1H3,(H,22,25). The monoisotopic (exact) mass is 397 g/mol. The highest BCUT2D eigenvalue weighted by atomic mass is 32.2. The number of carbonyl (C=O) groups excluding carboxylic acids is 1. The molecular weight excluding hydrogens is 374 g/mol. The second kappa shape index (κ2) is 8.40. The first-order chi connectivity index (χ1) is 13.2. The Hall–Kier alpha value is -1.92. The lowest BCUT2D eigenvalue weighted by Gasteiger charge is -2.10. The van der Waals surface area contributed by atoms with Crippen molar-refractivity contribution < 1.29 is 4.79 Å². The molecule has 2 aromatic carbocycles. The van der Waals surface area contributed by atoms with Crippen LogP contribution >= 0.6 is 23.5 Å². The molecule has 27 heavy (non-hydrogen) atoms. The van der Waals surface area contributed by atoms with E-state index >= 15 is 0 Å². The topological polar surface area (TPSA) is 46.9 Å². The lowest BCUT2D eigenvalue weighted by molar-refractivity contribution is 0.0953. The third kappa shape index (κ3) is 4.17. The minimum atomic E-state index is 0.000453. The van der Waals surface area contributed by atoms with Gasteiger partial charge in [0.15, 0.2) is 0 Å². The number of hydrogen-bond donors (Lipinski definition) is 1. The molecule has 4 rings (SSSR count). The van der Waals surface area contributed by atoms with E-state index in [0.717, 1.165) is 35.4 Å². The van der Waals surface area contributed by atoms with Crippen LogP contribution in [0.15, 0.2) is 48.5 Å². The summed E-state index contributed by atoms with van der Waals surface area (Å²) in [5.41, 5.74) is 4.22. The summed E-state index contributed by atoms with van der Waals surface area (Å²) in [6.45, 7) is 3.53. The van der Waals surface area contributed by atoms with Crippen LogP contribution in [0, 0.1) is 6.92 Å². The molecule has 1 aliphatic heterocycles. The molecule has 1 aromatic heterocycles. The van der Waals surface area contributed by atoms with Crippen molar-refractivity contribution in [1.82, 2.24) is 14.9 Å². The van der Waals surface area contributed by atoms with Crippen LogP contribution in [0.25, 0.3) is 11.0 Å². The van der Waals surface area contributed by atoms with Gasteiger partial charge < -0.3 is 9.88 Å². The molecule has 0 aliphatic carbocycles. The predicted octanol–water partition coefficient (Wildman–Crippen LogP) is 4.64. The summed E-state index contributed by atoms with van der Waals surface area (Å²) in [6.07, 6.45) is 0.875. The van der Waals surface area contributed by atoms with Crippen molar-refractivity contribution in [3.63, 3.8) is 0 Å². The number of rotatable bonds is 6. The first kappa shape index (κ1) is 18.4. The van der Waals surface area contributed by atoms with Crippen LogP contribution in [0.3, 0.4) is 0 Å². The zero-order valence-electron chi connectivity index (χ0n) is 15.4. The Balaban J connectivity index is 1.29. The smallest absolute Gasteiger partial charge is 0.251 e. The summed E-state index contributed by atoms with van der Waals surface area (Å²) >= 11 is 3.96. The summed E-state index contributed by atoms with van der Waals surface area (Å²) in [7, 11) is 0. The summed E-state index contributed by atoms with van der Waals surface area (Å²) < 4.78 is 2.74. The number of benzene rings is 2. The van der Waals surface area contributed by atoms with Gasteiger partial charge in [-0.25, -0.2) is 4.98 Å². The number of nitrogens with zero attached hydrogens (tertiary/aromatic N) is 2. The third-order valence-electron chi connectivity index (χ3n) is 4.76. The van der Waals surface area contributed by atoms with E-state index in [0.29, 0.717) is 11.1 Å². The van der Waals surface area contributed by atoms with Crippen molar-refractivity contribution in [2.75, 3.05) is 18.1 Å². The number of thioether (sulfide) groups is 2. The van der Waals surface area contributed by atoms with Gasteiger partial charge in [-0.1, -0.05) is 24.3 Å². The first-order valence-corrected chi connectivity index (χ1v) is 11.4. The van der Waals surface area contributed by atoms with Gasteiger partial charge >= 0.3 is 0 Å². The van der Waals surface area contributed by atoms with Crippen LogP contribution < -0.4 is 5.32 Å². The van der Waals surface area contributed by atoms with Crippen LogP contribution in [0.4, 0.5) is 0 Å². The molecule has 0 saturated carbocycles. The fourth-order valence-electron chi connectivity index (χ4n) is 3.36. The van der Waals surface area contributed by atoms with Gasteiger partial charge in [0.1, 0.15) is 5.82 Å². The quantitative estimate of drug-likeness (QED) is 0.616. The highest BCUT2D eigenvalue weighted by Crippen LogP contribution is 2.45. The van der Waals surface area contributed by atoms with Gasteiger partial charge in [-0.2, -0.15) is 0 Å². The maximum absolute atomic E-state index is 12.4. The van der Waals surface area contributed by atoms with Crippen LogP contribution in [-0.2, 0) is 6.54 Å². The molecule has 6 heteroatoms. The zero-order chi connectivity index (χ0) is 18.6. The van der Waals surface area contributed by atoms with E-state index in [9.17, 15) is 4.79 Å². The highest BCUT2D eigenvalue weighted by Gasteiger charge is 2.18. The van der Waals surface area contributed by atoms with E-state index in [-0.39, 0.29) is 5.91 Å². The Morgan fingerprint density at radius 2 is 1.89 bits per heavy atom. The Bertz CT molecular complexity index is 930. The Kier molecular flexibility index (Phi) is 5.74. The van der Waals surface area contributed by atoms with Gasteiger partial charge in [-0.3, -0.25) is 4.79 Å². The lowest BCUT2D eigenvalue weighted by atomic mass is 10.1. The van der Waals surface area contributed by atoms with Crippen molar-refractivity contribution in [3.8, 4) is 0 Å². The van der Waals surface area contributed by atoms with Gasteiger partial charge in [0.05, 0.1) is 15.6 Å². The van der Waals surface area contributed by atoms with E-state index in [4.69, 9.17) is 0 Å². The number of amides is 1. The number of nitrogens with one attached hydrogen (secondary N) is 1. The van der Waals surface area contributed by atoms with Gasteiger partial charge in [-0.15, -0.1) is 23.5 Å². The molecule has 0 unspecified atom stereocenters. The maximum atomic E-state index is 12.4. The number of hydrogen-bond acceptors (Lipinski definition) is 4. The molecule has 1 N–H and O–H groups in total. The molecule has 1 aliphatic rings. The van der Waals surface area contributed by atoms with Crippen molar-refractivity contribution in [2.24, 2.45) is 0 Å². The SMILES string of the molecule is Cc1nc2ccccc2n1CCCNC(=O)c1ccc(C2SCCS2)cc1. The molecule has 0 bridgehead atoms. The average Bonchev–Trinajstić information content (AvgIpc) is 3.33. The van der Waals surface area contributed by atoms with Crippen LogP contribution in [0.2, 0.25) is 0 Å². The summed E-state index contributed by atoms with van der Waals surface area (Å²) in [5, 5.41) is 3.03. The third-order valence-corrected chi connectivity index (χ3v) is 7.86. The highest BCUT2D eigenvalue weighted by molar-refractivity contribution is 8.19. The van der Waals surface area contributed by atoms with Gasteiger partial charge in [0, 0.05) is 30.2 Å². The van der Waals surface area contributed by atoms with Crippen molar-refractivity contribution in [3.05, 3.63) is 65.5 Å². The molecule has 1 amide bonds. The van der Waals surface area contributed by atoms with Gasteiger partial charge in [0.25, 0.3) is 5.91 Å². The Morgan fingerprint density at radius 1 is 1.15 bits per heavy atom. The number of aryl methyl sites for hydroxylation is 2. The average molecular weight is 398 g/mol. The molecule has 1 fully saturated rings. The lowest BCUT2D eigenvalue weighted by Crippen LogP contribution is -2.25. The molecule has 0 spiro atoms. The van der Waals surface area contributed by atoms with Crippen molar-refractivity contribution >= 4 is 40.5 Å². The van der Waals surface area contributed by atoms with E-state index in [1.54, 1.807) is 0 Å². The molecule has 4 nitrogen and oxygen atoms in total. The summed E-state index contributed by atoms with van der Waals surface area (Å²) in [6, 6.07) is 16.2. The number of fused-ring (bicyclic) bond motifs is 1. The molecule has 0 radical (unpaired) electrons. The molecular formula is C21H23N3OS2. The number of aromatic nitrogens is 2. The second-order valence-corrected chi connectivity index (χ2v) is 9.33. The van der Waals surface area contributed by atoms with Crippen LogP contribution in [0.5, 0.6) is 0 Å². The maximum Gasteiger partial charge on any atom is 0.251 e. The molecule has 3 aromatic rings. The summed E-state index contributed by atoms with van der Waals surface area (Å²) in [5.74, 6) is 3.44. The second-order valence-electron chi connectivity index (χ2n) is 6.60. The first-order valence-electron chi connectivity index (χ1n) is 9.25. The van der Waals surface area contributed by atoms with Crippen molar-refractivity contribution in [1.29, 1.82) is 0 Å². The fraction of sp³-hybridized carbons (Fsp3) is 0.333. The van der Waals surface area contributed by atoms with Gasteiger partial charge in [-0.05, 0) is 43.2 Å². The number of para-hydroxylation sites is 2.